The number of aliphatic hydroxyl groups is 1. The van der Waals surface area contributed by atoms with Crippen LogP contribution in [0.4, 0.5) is 19.1 Å². The predicted molar refractivity (Wildman–Crippen MR) is 177 cm³/mol. The van der Waals surface area contributed by atoms with Crippen LogP contribution in [0.15, 0.2) is 66.0 Å². The summed E-state index contributed by atoms with van der Waals surface area (Å²) < 4.78 is 39.5. The number of hydrogen-bond donors (Lipinski definition) is 3. The fourth-order valence-corrected chi connectivity index (χ4v) is 6.50. The number of halogens is 3. The van der Waals surface area contributed by atoms with E-state index in [2.05, 4.69) is 25.6 Å². The molecule has 3 atom stereocenters. The highest BCUT2D eigenvalue weighted by atomic mass is 32.1. The SMILES string of the molecule is Cc1csc(C2CCCN2C(=O)c2cc(C(=O)N[C@@H](Cc3ccccc3)[C@H](O)CNCc3cccc(C(F)(F)F)c3)nc(N(C)C)n2)n1. The Balaban J connectivity index is 1.34. The zero-order valence-electron chi connectivity index (χ0n) is 26.9. The maximum absolute atomic E-state index is 13.8. The van der Waals surface area contributed by atoms with Crippen molar-refractivity contribution in [2.45, 2.75) is 57.1 Å². The number of likely N-dealkylation sites (tertiary alicyclic amines) is 1. The number of thiazole rings is 1. The molecule has 5 rings (SSSR count). The summed E-state index contributed by atoms with van der Waals surface area (Å²) in [6, 6.07) is 14.6. The Kier molecular flexibility index (Phi) is 11.1. The monoisotopic (exact) mass is 681 g/mol. The van der Waals surface area contributed by atoms with E-state index >= 15 is 0 Å². The summed E-state index contributed by atoms with van der Waals surface area (Å²) in [7, 11) is 3.42. The first-order chi connectivity index (χ1) is 22.9. The van der Waals surface area contributed by atoms with Crippen molar-refractivity contribution in [3.8, 4) is 0 Å². The highest BCUT2D eigenvalue weighted by Gasteiger charge is 2.34. The Hall–Kier alpha value is -4.40. The number of hydrogen-bond acceptors (Lipinski definition) is 9. The molecule has 0 radical (unpaired) electrons. The van der Waals surface area contributed by atoms with E-state index in [4.69, 9.17) is 0 Å². The van der Waals surface area contributed by atoms with Crippen LogP contribution in [0.2, 0.25) is 0 Å². The van der Waals surface area contributed by atoms with Crippen LogP contribution in [-0.4, -0.2) is 76.1 Å². The summed E-state index contributed by atoms with van der Waals surface area (Å²) in [5.41, 5.74) is 1.42. The number of aromatic nitrogens is 3. The van der Waals surface area contributed by atoms with Crippen LogP contribution in [0.1, 0.15) is 67.3 Å². The maximum Gasteiger partial charge on any atom is 0.416 e. The van der Waals surface area contributed by atoms with E-state index in [0.717, 1.165) is 41.2 Å². The van der Waals surface area contributed by atoms with E-state index in [1.165, 1.54) is 23.5 Å². The van der Waals surface area contributed by atoms with Crippen molar-refractivity contribution in [2.75, 3.05) is 32.1 Å². The van der Waals surface area contributed by atoms with Crippen molar-refractivity contribution in [2.24, 2.45) is 0 Å². The molecule has 48 heavy (non-hydrogen) atoms. The maximum atomic E-state index is 13.8. The van der Waals surface area contributed by atoms with Gasteiger partial charge in [-0.25, -0.2) is 15.0 Å². The Morgan fingerprint density at radius 2 is 1.77 bits per heavy atom. The average molecular weight is 682 g/mol. The number of nitrogens with one attached hydrogen (secondary N) is 2. The Morgan fingerprint density at radius 3 is 2.46 bits per heavy atom. The van der Waals surface area contributed by atoms with Crippen molar-refractivity contribution in [3.63, 3.8) is 0 Å². The quantitative estimate of drug-likeness (QED) is 0.195. The van der Waals surface area contributed by atoms with Gasteiger partial charge in [-0.3, -0.25) is 9.59 Å². The van der Waals surface area contributed by atoms with Gasteiger partial charge in [0.25, 0.3) is 11.8 Å². The highest BCUT2D eigenvalue weighted by molar-refractivity contribution is 7.09. The van der Waals surface area contributed by atoms with Gasteiger partial charge in [0.05, 0.1) is 23.8 Å². The van der Waals surface area contributed by atoms with Crippen molar-refractivity contribution < 1.29 is 27.9 Å². The van der Waals surface area contributed by atoms with E-state index < -0.39 is 29.8 Å². The van der Waals surface area contributed by atoms with E-state index in [1.807, 2.05) is 42.6 Å². The Bertz CT molecular complexity index is 1720. The minimum absolute atomic E-state index is 0.0168. The second-order valence-corrected chi connectivity index (χ2v) is 12.9. The molecular formula is C34H38F3N7O3S. The molecular weight excluding hydrogens is 643 g/mol. The predicted octanol–water partition coefficient (Wildman–Crippen LogP) is 4.80. The third-order valence-electron chi connectivity index (χ3n) is 8.02. The number of carbonyl (C=O) groups excluding carboxylic acids is 2. The number of amides is 2. The second-order valence-electron chi connectivity index (χ2n) is 12.0. The van der Waals surface area contributed by atoms with Crippen LogP contribution in [0, 0.1) is 6.92 Å². The van der Waals surface area contributed by atoms with Gasteiger partial charge in [0.1, 0.15) is 16.4 Å². The minimum Gasteiger partial charge on any atom is -0.390 e. The van der Waals surface area contributed by atoms with E-state index in [9.17, 15) is 27.9 Å². The van der Waals surface area contributed by atoms with Gasteiger partial charge in [0, 0.05) is 50.9 Å². The molecule has 0 aliphatic carbocycles. The van der Waals surface area contributed by atoms with Gasteiger partial charge < -0.3 is 25.5 Å². The first-order valence-electron chi connectivity index (χ1n) is 15.6. The van der Waals surface area contributed by atoms with E-state index in [-0.39, 0.29) is 48.8 Å². The number of anilines is 1. The standard InChI is InChI=1S/C34H38F3N7O3S/c1-21-20-48-31(39-21)28-13-8-14-44(28)32(47)27-17-26(41-33(42-27)43(2)3)30(46)40-25(16-22-9-5-4-6-10-22)29(45)19-38-18-23-11-7-12-24(15-23)34(35,36)37/h4-7,9-12,15,17,20,25,28-29,38,45H,8,13-14,16,18-19H2,1-3H3,(H,40,46)/t25-,28?,29+/m0/s1. The molecule has 1 saturated heterocycles. The molecule has 3 N–H and O–H groups in total. The molecule has 0 spiro atoms. The number of carbonyl (C=O) groups is 2. The molecule has 2 amide bonds. The van der Waals surface area contributed by atoms with Crippen LogP contribution in [0.5, 0.6) is 0 Å². The van der Waals surface area contributed by atoms with Gasteiger partial charge in [0.2, 0.25) is 5.95 Å². The van der Waals surface area contributed by atoms with Crippen LogP contribution in [-0.2, 0) is 19.1 Å². The number of nitrogens with zero attached hydrogens (tertiary/aromatic N) is 5. The van der Waals surface area contributed by atoms with Gasteiger partial charge in [-0.05, 0) is 43.4 Å². The number of benzene rings is 2. The second kappa shape index (κ2) is 15.2. The van der Waals surface area contributed by atoms with Gasteiger partial charge in [-0.1, -0.05) is 48.5 Å². The molecule has 1 unspecified atom stereocenters. The third-order valence-corrected chi connectivity index (χ3v) is 9.08. The van der Waals surface area contributed by atoms with Crippen molar-refractivity contribution in [1.82, 2.24) is 30.5 Å². The third kappa shape index (κ3) is 8.74. The summed E-state index contributed by atoms with van der Waals surface area (Å²) in [5.74, 6) is -0.764. The first kappa shape index (κ1) is 34.9. The largest absolute Gasteiger partial charge is 0.416 e. The Morgan fingerprint density at radius 1 is 1.04 bits per heavy atom. The topological polar surface area (TPSA) is 124 Å². The van der Waals surface area contributed by atoms with E-state index in [0.29, 0.717) is 12.1 Å². The summed E-state index contributed by atoms with van der Waals surface area (Å²) in [4.78, 5) is 44.4. The summed E-state index contributed by atoms with van der Waals surface area (Å²) >= 11 is 1.51. The minimum atomic E-state index is -4.46. The molecule has 254 valence electrons. The summed E-state index contributed by atoms with van der Waals surface area (Å²) in [6.45, 7) is 2.50. The van der Waals surface area contributed by atoms with Crippen molar-refractivity contribution in [1.29, 1.82) is 0 Å². The number of alkyl halides is 3. The molecule has 1 fully saturated rings. The van der Waals surface area contributed by atoms with Gasteiger partial charge in [-0.15, -0.1) is 11.3 Å². The van der Waals surface area contributed by atoms with Crippen LogP contribution in [0.25, 0.3) is 0 Å². The molecule has 1 aliphatic heterocycles. The zero-order valence-corrected chi connectivity index (χ0v) is 27.7. The molecule has 2 aromatic heterocycles. The molecule has 14 heteroatoms. The van der Waals surface area contributed by atoms with Gasteiger partial charge >= 0.3 is 6.18 Å². The van der Waals surface area contributed by atoms with Crippen LogP contribution in [0.3, 0.4) is 0 Å². The number of aliphatic hydroxyl groups excluding tert-OH is 1. The van der Waals surface area contributed by atoms with Crippen molar-refractivity contribution >= 4 is 29.1 Å². The lowest BCUT2D eigenvalue weighted by molar-refractivity contribution is -0.137. The average Bonchev–Trinajstić information content (AvgIpc) is 3.73. The Labute approximate surface area is 281 Å². The lowest BCUT2D eigenvalue weighted by atomic mass is 10.0. The lowest BCUT2D eigenvalue weighted by Crippen LogP contribution is -2.49. The summed E-state index contributed by atoms with van der Waals surface area (Å²) in [5, 5.41) is 19.9. The molecule has 1 aliphatic rings. The van der Waals surface area contributed by atoms with Crippen LogP contribution < -0.4 is 15.5 Å². The van der Waals surface area contributed by atoms with Crippen LogP contribution >= 0.6 is 11.3 Å². The smallest absolute Gasteiger partial charge is 0.390 e. The first-order valence-corrected chi connectivity index (χ1v) is 16.5. The summed E-state index contributed by atoms with van der Waals surface area (Å²) in [6.07, 6.45) is -3.73. The van der Waals surface area contributed by atoms with Crippen molar-refractivity contribution in [3.05, 3.63) is 105 Å². The molecule has 3 heterocycles. The fourth-order valence-electron chi connectivity index (χ4n) is 5.56. The lowest BCUT2D eigenvalue weighted by Gasteiger charge is -2.25. The fraction of sp³-hybridized carbons (Fsp3) is 0.382. The van der Waals surface area contributed by atoms with Gasteiger partial charge in [-0.2, -0.15) is 13.2 Å². The normalized spacial score (nSPS) is 16.1. The molecule has 2 aromatic carbocycles. The molecule has 10 nitrogen and oxygen atoms in total. The number of aryl methyl sites for hydroxylation is 1. The molecule has 0 saturated carbocycles. The number of rotatable bonds is 12. The highest BCUT2D eigenvalue weighted by Crippen LogP contribution is 2.35. The van der Waals surface area contributed by atoms with E-state index in [1.54, 1.807) is 30.0 Å². The molecule has 0 bridgehead atoms. The van der Waals surface area contributed by atoms with Gasteiger partial charge in [0.15, 0.2) is 0 Å². The zero-order chi connectivity index (χ0) is 34.4. The molecule has 4 aromatic rings.